The van der Waals surface area contributed by atoms with Gasteiger partial charge in [-0.25, -0.2) is 0 Å². The van der Waals surface area contributed by atoms with Crippen molar-refractivity contribution in [2.24, 2.45) is 0 Å². The number of hydrogen-bond acceptors (Lipinski definition) is 1. The highest BCUT2D eigenvalue weighted by molar-refractivity contribution is 6.31. The maximum Gasteiger partial charge on any atom is 0.147 e. The van der Waals surface area contributed by atoms with Crippen LogP contribution in [0, 0.1) is 0 Å². The summed E-state index contributed by atoms with van der Waals surface area (Å²) in [5, 5.41) is -0.382. The van der Waals surface area contributed by atoms with Crippen molar-refractivity contribution < 1.29 is 4.79 Å². The molecule has 8 heavy (non-hydrogen) atoms. The van der Waals surface area contributed by atoms with Crippen LogP contribution in [0.15, 0.2) is 0 Å². The van der Waals surface area contributed by atoms with E-state index >= 15 is 0 Å². The Morgan fingerprint density at radius 2 is 2.25 bits per heavy atom. The molecule has 48 valence electrons. The minimum absolute atomic E-state index is 0.00711. The molecule has 0 aliphatic heterocycles. The van der Waals surface area contributed by atoms with Gasteiger partial charge in [-0.3, -0.25) is 4.79 Å². The van der Waals surface area contributed by atoms with Gasteiger partial charge < -0.3 is 0 Å². The van der Waals surface area contributed by atoms with E-state index in [-0.39, 0.29) is 11.2 Å². The zero-order valence-corrected chi connectivity index (χ0v) is 6.17. The van der Waals surface area contributed by atoms with Crippen molar-refractivity contribution in [2.75, 3.05) is 5.88 Å². The fraction of sp³-hybridized carbons (Fsp3) is 0.800. The van der Waals surface area contributed by atoms with Crippen LogP contribution in [0.1, 0.15) is 13.3 Å². The molecule has 0 aliphatic carbocycles. The number of rotatable bonds is 3. The zero-order valence-electron chi connectivity index (χ0n) is 4.66. The number of ketones is 1. The van der Waals surface area contributed by atoms with E-state index in [1.807, 2.05) is 0 Å². The van der Waals surface area contributed by atoms with Crippen LogP contribution in [0.3, 0.4) is 0 Å². The summed E-state index contributed by atoms with van der Waals surface area (Å²) >= 11 is 10.8. The molecule has 0 saturated heterocycles. The minimum atomic E-state index is -0.382. The molecule has 0 unspecified atom stereocenters. The summed E-state index contributed by atoms with van der Waals surface area (Å²) in [4.78, 5) is 10.3. The smallest absolute Gasteiger partial charge is 0.147 e. The molecule has 0 radical (unpaired) electrons. The number of hydrogen-bond donors (Lipinski definition) is 0. The van der Waals surface area contributed by atoms with Gasteiger partial charge in [0.2, 0.25) is 0 Å². The SMILES string of the molecule is CC(=O)[C@@H](Cl)CCCl. The molecule has 0 spiro atoms. The summed E-state index contributed by atoms with van der Waals surface area (Å²) in [6.07, 6.45) is 0.568. The second-order valence-electron chi connectivity index (χ2n) is 1.56. The largest absolute Gasteiger partial charge is 0.298 e. The molecule has 0 amide bonds. The molecule has 0 aromatic heterocycles. The normalized spacial score (nSPS) is 13.4. The summed E-state index contributed by atoms with van der Waals surface area (Å²) in [7, 11) is 0. The first kappa shape index (κ1) is 8.25. The van der Waals surface area contributed by atoms with Crippen molar-refractivity contribution in [2.45, 2.75) is 18.7 Å². The highest BCUT2D eigenvalue weighted by atomic mass is 35.5. The average molecular weight is 155 g/mol. The Kier molecular flexibility index (Phi) is 4.29. The fourth-order valence-electron chi connectivity index (χ4n) is 0.299. The van der Waals surface area contributed by atoms with Crippen LogP contribution >= 0.6 is 23.2 Å². The molecule has 0 saturated carbocycles. The van der Waals surface area contributed by atoms with Crippen molar-refractivity contribution in [3.8, 4) is 0 Å². The summed E-state index contributed by atoms with van der Waals surface area (Å²) < 4.78 is 0. The van der Waals surface area contributed by atoms with Crippen LogP contribution < -0.4 is 0 Å². The second kappa shape index (κ2) is 4.16. The van der Waals surface area contributed by atoms with E-state index in [0.29, 0.717) is 12.3 Å². The third-order valence-electron chi connectivity index (χ3n) is 0.804. The van der Waals surface area contributed by atoms with Gasteiger partial charge in [-0.2, -0.15) is 0 Å². The van der Waals surface area contributed by atoms with Gasteiger partial charge in [0, 0.05) is 5.88 Å². The number of alkyl halides is 2. The molecule has 1 atom stereocenters. The highest BCUT2D eigenvalue weighted by Gasteiger charge is 2.07. The van der Waals surface area contributed by atoms with Crippen LogP contribution in [0.5, 0.6) is 0 Å². The lowest BCUT2D eigenvalue weighted by atomic mass is 10.2. The topological polar surface area (TPSA) is 17.1 Å². The van der Waals surface area contributed by atoms with Gasteiger partial charge >= 0.3 is 0 Å². The quantitative estimate of drug-likeness (QED) is 0.568. The third kappa shape index (κ3) is 3.28. The molecule has 0 heterocycles. The second-order valence-corrected chi connectivity index (χ2v) is 2.46. The van der Waals surface area contributed by atoms with Gasteiger partial charge in [-0.1, -0.05) is 0 Å². The molecule has 1 nitrogen and oxygen atoms in total. The first-order valence-corrected chi connectivity index (χ1v) is 3.36. The molecule has 0 N–H and O–H groups in total. The Labute approximate surface area is 59.0 Å². The average Bonchev–Trinajstić information content (AvgIpc) is 1.67. The van der Waals surface area contributed by atoms with Gasteiger partial charge in [-0.15, -0.1) is 23.2 Å². The van der Waals surface area contributed by atoms with Crippen molar-refractivity contribution in [1.82, 2.24) is 0 Å². The van der Waals surface area contributed by atoms with E-state index in [2.05, 4.69) is 0 Å². The molecule has 0 bridgehead atoms. The van der Waals surface area contributed by atoms with E-state index in [9.17, 15) is 4.79 Å². The highest BCUT2D eigenvalue weighted by Crippen LogP contribution is 2.03. The summed E-state index contributed by atoms with van der Waals surface area (Å²) in [6.45, 7) is 1.46. The summed E-state index contributed by atoms with van der Waals surface area (Å²) in [5.41, 5.74) is 0. The molecule has 0 rings (SSSR count). The Morgan fingerprint density at radius 1 is 1.75 bits per heavy atom. The number of carbonyl (C=O) groups is 1. The van der Waals surface area contributed by atoms with Crippen LogP contribution in [0.4, 0.5) is 0 Å². The van der Waals surface area contributed by atoms with E-state index in [0.717, 1.165) is 0 Å². The van der Waals surface area contributed by atoms with Gasteiger partial charge in [0.25, 0.3) is 0 Å². The van der Waals surface area contributed by atoms with Crippen LogP contribution in [0.25, 0.3) is 0 Å². The monoisotopic (exact) mass is 154 g/mol. The lowest BCUT2D eigenvalue weighted by Gasteiger charge is -1.98. The Morgan fingerprint density at radius 3 is 2.38 bits per heavy atom. The third-order valence-corrected chi connectivity index (χ3v) is 1.55. The van der Waals surface area contributed by atoms with Gasteiger partial charge in [-0.05, 0) is 13.3 Å². The molecule has 3 heteroatoms. The minimum Gasteiger partial charge on any atom is -0.298 e. The first-order valence-electron chi connectivity index (χ1n) is 2.39. The fourth-order valence-corrected chi connectivity index (χ4v) is 0.738. The molecule has 0 aromatic carbocycles. The van der Waals surface area contributed by atoms with Crippen molar-refractivity contribution in [3.05, 3.63) is 0 Å². The maximum atomic E-state index is 10.3. The molecule has 0 aromatic rings. The maximum absolute atomic E-state index is 10.3. The zero-order chi connectivity index (χ0) is 6.57. The predicted octanol–water partition coefficient (Wildman–Crippen LogP) is 1.81. The van der Waals surface area contributed by atoms with E-state index in [1.54, 1.807) is 0 Å². The summed E-state index contributed by atoms with van der Waals surface area (Å²) in [5.74, 6) is 0.445. The molecule has 0 fully saturated rings. The lowest BCUT2D eigenvalue weighted by Crippen LogP contribution is -2.09. The van der Waals surface area contributed by atoms with Gasteiger partial charge in [0.05, 0.1) is 5.38 Å². The van der Waals surface area contributed by atoms with Crippen LogP contribution in [-0.2, 0) is 4.79 Å². The Bertz CT molecular complexity index is 82.5. The Hall–Kier alpha value is 0.250. The molecular weight excluding hydrogens is 147 g/mol. The number of carbonyl (C=O) groups excluding carboxylic acids is 1. The van der Waals surface area contributed by atoms with E-state index < -0.39 is 0 Å². The van der Waals surface area contributed by atoms with Crippen LogP contribution in [0.2, 0.25) is 0 Å². The van der Waals surface area contributed by atoms with E-state index in [1.165, 1.54) is 6.92 Å². The molecular formula is C5H8Cl2O. The van der Waals surface area contributed by atoms with Gasteiger partial charge in [0.15, 0.2) is 0 Å². The lowest BCUT2D eigenvalue weighted by molar-refractivity contribution is -0.116. The molecule has 0 aliphatic rings. The summed E-state index contributed by atoms with van der Waals surface area (Å²) in [6, 6.07) is 0. The first-order chi connectivity index (χ1) is 3.68. The van der Waals surface area contributed by atoms with Crippen molar-refractivity contribution in [1.29, 1.82) is 0 Å². The van der Waals surface area contributed by atoms with Gasteiger partial charge in [0.1, 0.15) is 5.78 Å². The van der Waals surface area contributed by atoms with E-state index in [4.69, 9.17) is 23.2 Å². The number of Topliss-reactive ketones (excluding diaryl/α,β-unsaturated/α-hetero) is 1. The van der Waals surface area contributed by atoms with Crippen molar-refractivity contribution in [3.63, 3.8) is 0 Å². The van der Waals surface area contributed by atoms with Crippen molar-refractivity contribution >= 4 is 29.0 Å². The standard InChI is InChI=1S/C5H8Cl2O/c1-4(8)5(7)2-3-6/h5H,2-3H2,1H3/t5-/m0/s1. The predicted molar refractivity (Wildman–Crippen MR) is 35.7 cm³/mol. The Balaban J connectivity index is 3.32. The van der Waals surface area contributed by atoms with Crippen LogP contribution in [-0.4, -0.2) is 17.0 Å². The number of halogens is 2.